The summed E-state index contributed by atoms with van der Waals surface area (Å²) in [4.78, 5) is 29.0. The van der Waals surface area contributed by atoms with Crippen molar-refractivity contribution in [2.45, 2.75) is 13.5 Å². The summed E-state index contributed by atoms with van der Waals surface area (Å²) in [5.41, 5.74) is 2.49. The average molecular weight is 363 g/mol. The lowest BCUT2D eigenvalue weighted by Crippen LogP contribution is -2.18. The lowest BCUT2D eigenvalue weighted by Gasteiger charge is -2.10. The maximum absolute atomic E-state index is 12.2. The van der Waals surface area contributed by atoms with E-state index >= 15 is 0 Å². The number of rotatable bonds is 4. The first-order chi connectivity index (χ1) is 11.5. The normalized spacial score (nSPS) is 10.8. The van der Waals surface area contributed by atoms with Gasteiger partial charge in [0, 0.05) is 29.8 Å². The number of fused-ring (bicyclic) bond motifs is 1. The number of nitrogens with zero attached hydrogens (tertiary/aromatic N) is 2. The highest BCUT2D eigenvalue weighted by molar-refractivity contribution is 7.15. The van der Waals surface area contributed by atoms with Crippen molar-refractivity contribution in [3.8, 4) is 0 Å². The highest BCUT2D eigenvalue weighted by Crippen LogP contribution is 2.23. The SMILES string of the molecule is CNC(=O)c1ccc(Cl)c(NCc2cc(=O)n3c(C)csc3n2)c1. The topological polar surface area (TPSA) is 75.5 Å². The van der Waals surface area contributed by atoms with E-state index in [0.29, 0.717) is 33.5 Å². The Morgan fingerprint density at radius 3 is 2.92 bits per heavy atom. The van der Waals surface area contributed by atoms with Gasteiger partial charge in [-0.2, -0.15) is 0 Å². The molecule has 0 aliphatic carbocycles. The number of carbonyl (C=O) groups excluding carboxylic acids is 1. The number of thiazole rings is 1. The molecule has 0 bridgehead atoms. The molecule has 0 atom stereocenters. The third kappa shape index (κ3) is 3.13. The molecule has 0 aliphatic heterocycles. The molecule has 2 N–H and O–H groups in total. The second-order valence-corrected chi connectivity index (χ2v) is 6.45. The van der Waals surface area contributed by atoms with Gasteiger partial charge in [-0.25, -0.2) is 4.98 Å². The highest BCUT2D eigenvalue weighted by Gasteiger charge is 2.09. The zero-order chi connectivity index (χ0) is 17.3. The molecule has 0 fully saturated rings. The van der Waals surface area contributed by atoms with Crippen LogP contribution < -0.4 is 16.2 Å². The van der Waals surface area contributed by atoms with E-state index in [4.69, 9.17) is 11.6 Å². The minimum absolute atomic E-state index is 0.110. The lowest BCUT2D eigenvalue weighted by molar-refractivity contribution is 0.0963. The lowest BCUT2D eigenvalue weighted by atomic mass is 10.2. The minimum Gasteiger partial charge on any atom is -0.378 e. The van der Waals surface area contributed by atoms with Gasteiger partial charge < -0.3 is 10.6 Å². The van der Waals surface area contributed by atoms with E-state index in [2.05, 4.69) is 15.6 Å². The summed E-state index contributed by atoms with van der Waals surface area (Å²) in [5.74, 6) is -0.193. The average Bonchev–Trinajstić information content (AvgIpc) is 2.95. The van der Waals surface area contributed by atoms with E-state index < -0.39 is 0 Å². The Hall–Kier alpha value is -2.38. The van der Waals surface area contributed by atoms with Crippen LogP contribution >= 0.6 is 22.9 Å². The number of anilines is 1. The Balaban J connectivity index is 1.86. The van der Waals surface area contributed by atoms with Crippen molar-refractivity contribution >= 4 is 39.5 Å². The summed E-state index contributed by atoms with van der Waals surface area (Å²) in [6, 6.07) is 6.47. The third-order valence-corrected chi connectivity index (χ3v) is 4.82. The maximum atomic E-state index is 12.2. The van der Waals surface area contributed by atoms with Crippen LogP contribution in [0.15, 0.2) is 34.4 Å². The zero-order valence-electron chi connectivity index (χ0n) is 13.1. The van der Waals surface area contributed by atoms with Gasteiger partial charge in [0.25, 0.3) is 11.5 Å². The van der Waals surface area contributed by atoms with Crippen molar-refractivity contribution in [1.82, 2.24) is 14.7 Å². The summed E-state index contributed by atoms with van der Waals surface area (Å²) in [7, 11) is 1.57. The molecule has 3 aromatic rings. The number of hydrogen-bond acceptors (Lipinski definition) is 5. The number of hydrogen-bond donors (Lipinski definition) is 2. The predicted molar refractivity (Wildman–Crippen MR) is 96.2 cm³/mol. The van der Waals surface area contributed by atoms with Crippen LogP contribution in [0.2, 0.25) is 5.02 Å². The molecule has 8 heteroatoms. The number of halogens is 1. The molecule has 0 radical (unpaired) electrons. The minimum atomic E-state index is -0.193. The van der Waals surface area contributed by atoms with Gasteiger partial charge in [-0.05, 0) is 25.1 Å². The smallest absolute Gasteiger partial charge is 0.259 e. The van der Waals surface area contributed by atoms with Crippen LogP contribution in [0.1, 0.15) is 21.7 Å². The molecule has 2 aromatic heterocycles. The number of benzene rings is 1. The molecule has 124 valence electrons. The van der Waals surface area contributed by atoms with Gasteiger partial charge >= 0.3 is 0 Å². The molecule has 0 aliphatic rings. The molecule has 3 rings (SSSR count). The number of aryl methyl sites for hydroxylation is 1. The molecule has 24 heavy (non-hydrogen) atoms. The van der Waals surface area contributed by atoms with E-state index in [9.17, 15) is 9.59 Å². The van der Waals surface area contributed by atoms with Crippen LogP contribution in [0.4, 0.5) is 5.69 Å². The van der Waals surface area contributed by atoms with Gasteiger partial charge in [-0.15, -0.1) is 11.3 Å². The second kappa shape index (κ2) is 6.62. The molecule has 2 heterocycles. The van der Waals surface area contributed by atoms with Crippen LogP contribution in [-0.2, 0) is 6.54 Å². The Labute approximate surface area is 147 Å². The Morgan fingerprint density at radius 2 is 2.17 bits per heavy atom. The van der Waals surface area contributed by atoms with E-state index in [1.54, 1.807) is 29.6 Å². The van der Waals surface area contributed by atoms with Crippen LogP contribution in [0.3, 0.4) is 0 Å². The first-order valence-corrected chi connectivity index (χ1v) is 8.47. The molecular weight excluding hydrogens is 348 g/mol. The van der Waals surface area contributed by atoms with Gasteiger partial charge in [0.15, 0.2) is 4.96 Å². The molecule has 1 aromatic carbocycles. The van der Waals surface area contributed by atoms with Crippen molar-refractivity contribution < 1.29 is 4.79 Å². The van der Waals surface area contributed by atoms with Crippen LogP contribution in [0.25, 0.3) is 4.96 Å². The van der Waals surface area contributed by atoms with E-state index in [-0.39, 0.29) is 11.5 Å². The first kappa shape index (κ1) is 16.5. The molecule has 0 unspecified atom stereocenters. The summed E-state index contributed by atoms with van der Waals surface area (Å²) >= 11 is 7.58. The molecular formula is C16H15ClN4O2S. The van der Waals surface area contributed by atoms with Crippen molar-refractivity contribution in [3.63, 3.8) is 0 Å². The quantitative estimate of drug-likeness (QED) is 0.748. The predicted octanol–water partition coefficient (Wildman–Crippen LogP) is 2.69. The fourth-order valence-electron chi connectivity index (χ4n) is 2.32. The van der Waals surface area contributed by atoms with Crippen LogP contribution in [0, 0.1) is 6.92 Å². The molecule has 0 saturated carbocycles. The third-order valence-electron chi connectivity index (χ3n) is 3.54. The standard InChI is InChI=1S/C16H15ClN4O2S/c1-9-8-24-16-20-11(6-14(22)21(9)16)7-19-13-5-10(15(23)18-2)3-4-12(13)17/h3-6,8,19H,7H2,1-2H3,(H,18,23). The Kier molecular flexibility index (Phi) is 4.55. The summed E-state index contributed by atoms with van der Waals surface area (Å²) in [5, 5.41) is 8.08. The maximum Gasteiger partial charge on any atom is 0.259 e. The monoisotopic (exact) mass is 362 g/mol. The van der Waals surface area contributed by atoms with E-state index in [1.807, 2.05) is 12.3 Å². The van der Waals surface area contributed by atoms with Crippen molar-refractivity contribution in [2.24, 2.45) is 0 Å². The van der Waals surface area contributed by atoms with Crippen molar-refractivity contribution in [1.29, 1.82) is 0 Å². The zero-order valence-corrected chi connectivity index (χ0v) is 14.7. The number of nitrogens with one attached hydrogen (secondary N) is 2. The van der Waals surface area contributed by atoms with Gasteiger partial charge in [0.1, 0.15) is 0 Å². The van der Waals surface area contributed by atoms with E-state index in [1.165, 1.54) is 17.4 Å². The van der Waals surface area contributed by atoms with Crippen LogP contribution in [-0.4, -0.2) is 22.3 Å². The fourth-order valence-corrected chi connectivity index (χ4v) is 3.40. The second-order valence-electron chi connectivity index (χ2n) is 5.21. The number of amides is 1. The fraction of sp³-hybridized carbons (Fsp3) is 0.188. The van der Waals surface area contributed by atoms with E-state index in [0.717, 1.165) is 5.69 Å². The van der Waals surface area contributed by atoms with Crippen LogP contribution in [0.5, 0.6) is 0 Å². The van der Waals surface area contributed by atoms with Gasteiger partial charge in [0.05, 0.1) is 22.9 Å². The Morgan fingerprint density at radius 1 is 1.38 bits per heavy atom. The Bertz CT molecular complexity index is 980. The van der Waals surface area contributed by atoms with Crippen molar-refractivity contribution in [2.75, 3.05) is 12.4 Å². The molecule has 0 saturated heterocycles. The summed E-state index contributed by atoms with van der Waals surface area (Å²) in [6.07, 6.45) is 0. The largest absolute Gasteiger partial charge is 0.378 e. The molecule has 6 nitrogen and oxygen atoms in total. The number of aromatic nitrogens is 2. The van der Waals surface area contributed by atoms with Gasteiger partial charge in [-0.1, -0.05) is 11.6 Å². The molecule has 0 spiro atoms. The number of carbonyl (C=O) groups is 1. The summed E-state index contributed by atoms with van der Waals surface area (Å²) in [6.45, 7) is 2.20. The van der Waals surface area contributed by atoms with Gasteiger partial charge in [-0.3, -0.25) is 14.0 Å². The first-order valence-electron chi connectivity index (χ1n) is 7.22. The van der Waals surface area contributed by atoms with Gasteiger partial charge in [0.2, 0.25) is 0 Å². The molecule has 1 amide bonds. The van der Waals surface area contributed by atoms with Crippen molar-refractivity contribution in [3.05, 3.63) is 62.0 Å². The highest BCUT2D eigenvalue weighted by atomic mass is 35.5. The summed E-state index contributed by atoms with van der Waals surface area (Å²) < 4.78 is 1.58.